The van der Waals surface area contributed by atoms with Gasteiger partial charge in [0.1, 0.15) is 12.2 Å². The van der Waals surface area contributed by atoms with Gasteiger partial charge in [0.05, 0.1) is 6.54 Å². The number of rotatable bonds is 4. The molecular formula is C11H13ClN4. The van der Waals surface area contributed by atoms with Crippen LogP contribution in [-0.2, 0) is 20.1 Å². The molecule has 0 amide bonds. The van der Waals surface area contributed by atoms with E-state index >= 15 is 0 Å². The molecule has 1 heterocycles. The fourth-order valence-electron chi connectivity index (χ4n) is 1.40. The first-order valence-corrected chi connectivity index (χ1v) is 5.41. The summed E-state index contributed by atoms with van der Waals surface area (Å²) in [6, 6.07) is 7.79. The van der Waals surface area contributed by atoms with Crippen LogP contribution in [0.2, 0.25) is 5.02 Å². The second kappa shape index (κ2) is 5.09. The Hall–Kier alpha value is -1.39. The van der Waals surface area contributed by atoms with E-state index in [0.29, 0.717) is 6.54 Å². The fraction of sp³-hybridized carbons (Fsp3) is 0.273. The summed E-state index contributed by atoms with van der Waals surface area (Å²) in [4.78, 5) is 4.13. The molecule has 2 rings (SSSR count). The molecule has 0 fully saturated rings. The molecule has 16 heavy (non-hydrogen) atoms. The van der Waals surface area contributed by atoms with Crippen LogP contribution in [0.1, 0.15) is 11.4 Å². The molecule has 0 unspecified atom stereocenters. The minimum Gasteiger partial charge on any atom is -0.306 e. The average molecular weight is 237 g/mol. The molecule has 0 saturated heterocycles. The highest BCUT2D eigenvalue weighted by Gasteiger charge is 1.99. The Morgan fingerprint density at radius 3 is 2.62 bits per heavy atom. The summed E-state index contributed by atoms with van der Waals surface area (Å²) in [7, 11) is 1.88. The van der Waals surface area contributed by atoms with E-state index < -0.39 is 0 Å². The normalized spacial score (nSPS) is 10.6. The lowest BCUT2D eigenvalue weighted by molar-refractivity contribution is 0.614. The highest BCUT2D eigenvalue weighted by Crippen LogP contribution is 2.09. The van der Waals surface area contributed by atoms with E-state index in [1.807, 2.05) is 31.3 Å². The third kappa shape index (κ3) is 2.81. The molecule has 1 aromatic carbocycles. The van der Waals surface area contributed by atoms with Gasteiger partial charge in [-0.2, -0.15) is 5.10 Å². The van der Waals surface area contributed by atoms with Crippen LogP contribution in [0.15, 0.2) is 30.6 Å². The van der Waals surface area contributed by atoms with Crippen molar-refractivity contribution in [1.82, 2.24) is 20.1 Å². The molecule has 1 aromatic heterocycles. The first-order chi connectivity index (χ1) is 7.75. The minimum atomic E-state index is 0.707. The molecule has 4 nitrogen and oxygen atoms in total. The van der Waals surface area contributed by atoms with Crippen LogP contribution in [0.25, 0.3) is 0 Å². The maximum absolute atomic E-state index is 5.81. The second-order valence-electron chi connectivity index (χ2n) is 3.53. The van der Waals surface area contributed by atoms with Gasteiger partial charge in [-0.3, -0.25) is 4.68 Å². The molecule has 0 radical (unpaired) electrons. The third-order valence-corrected chi connectivity index (χ3v) is 2.58. The van der Waals surface area contributed by atoms with E-state index in [0.717, 1.165) is 17.4 Å². The molecule has 0 spiro atoms. The van der Waals surface area contributed by atoms with Gasteiger partial charge in [-0.1, -0.05) is 23.7 Å². The molecule has 2 aromatic rings. The number of aryl methyl sites for hydroxylation is 1. The Labute approximate surface area is 99.3 Å². The number of hydrogen-bond donors (Lipinski definition) is 1. The van der Waals surface area contributed by atoms with Gasteiger partial charge in [-0.05, 0) is 17.7 Å². The highest BCUT2D eigenvalue weighted by molar-refractivity contribution is 6.30. The number of halogens is 1. The summed E-state index contributed by atoms with van der Waals surface area (Å²) in [5.41, 5.74) is 1.20. The number of nitrogens with one attached hydrogen (secondary N) is 1. The first kappa shape index (κ1) is 11.1. The molecule has 0 aliphatic rings. The Bertz CT molecular complexity index is 449. The SMILES string of the molecule is Cn1ncnc1CNCc1ccc(Cl)cc1. The highest BCUT2D eigenvalue weighted by atomic mass is 35.5. The van der Waals surface area contributed by atoms with Gasteiger partial charge in [0.2, 0.25) is 0 Å². The van der Waals surface area contributed by atoms with Crippen LogP contribution in [0.5, 0.6) is 0 Å². The van der Waals surface area contributed by atoms with Gasteiger partial charge in [0.25, 0.3) is 0 Å². The van der Waals surface area contributed by atoms with E-state index in [4.69, 9.17) is 11.6 Å². The monoisotopic (exact) mass is 236 g/mol. The number of aromatic nitrogens is 3. The maximum Gasteiger partial charge on any atom is 0.140 e. The van der Waals surface area contributed by atoms with Crippen LogP contribution in [0.3, 0.4) is 0 Å². The fourth-order valence-corrected chi connectivity index (χ4v) is 1.53. The number of hydrogen-bond acceptors (Lipinski definition) is 3. The predicted octanol–water partition coefficient (Wildman–Crippen LogP) is 1.76. The van der Waals surface area contributed by atoms with Gasteiger partial charge in [0, 0.05) is 18.6 Å². The zero-order valence-electron chi connectivity index (χ0n) is 9.02. The molecule has 0 aliphatic heterocycles. The number of benzene rings is 1. The molecule has 84 valence electrons. The van der Waals surface area contributed by atoms with Crippen LogP contribution < -0.4 is 5.32 Å². The molecule has 5 heteroatoms. The molecule has 0 bridgehead atoms. The van der Waals surface area contributed by atoms with Gasteiger partial charge in [-0.25, -0.2) is 4.98 Å². The minimum absolute atomic E-state index is 0.707. The van der Waals surface area contributed by atoms with Crippen molar-refractivity contribution >= 4 is 11.6 Å². The summed E-state index contributed by atoms with van der Waals surface area (Å²) in [5, 5.41) is 8.06. The second-order valence-corrected chi connectivity index (χ2v) is 3.97. The molecule has 0 aliphatic carbocycles. The van der Waals surface area contributed by atoms with Crippen molar-refractivity contribution in [2.24, 2.45) is 7.05 Å². The van der Waals surface area contributed by atoms with Crippen LogP contribution in [0, 0.1) is 0 Å². The summed E-state index contributed by atoms with van der Waals surface area (Å²) >= 11 is 5.81. The van der Waals surface area contributed by atoms with Crippen LogP contribution in [-0.4, -0.2) is 14.8 Å². The van der Waals surface area contributed by atoms with Crippen molar-refractivity contribution in [1.29, 1.82) is 0 Å². The quantitative estimate of drug-likeness (QED) is 0.880. The predicted molar refractivity (Wildman–Crippen MR) is 63.0 cm³/mol. The van der Waals surface area contributed by atoms with Crippen LogP contribution >= 0.6 is 11.6 Å². The number of nitrogens with zero attached hydrogens (tertiary/aromatic N) is 3. The smallest absolute Gasteiger partial charge is 0.140 e. The molecular weight excluding hydrogens is 224 g/mol. The lowest BCUT2D eigenvalue weighted by Crippen LogP contribution is -2.16. The van der Waals surface area contributed by atoms with E-state index in [9.17, 15) is 0 Å². The van der Waals surface area contributed by atoms with E-state index in [1.165, 1.54) is 5.56 Å². The van der Waals surface area contributed by atoms with Gasteiger partial charge in [0.15, 0.2) is 0 Å². The maximum atomic E-state index is 5.81. The topological polar surface area (TPSA) is 42.7 Å². The largest absolute Gasteiger partial charge is 0.306 e. The van der Waals surface area contributed by atoms with Crippen molar-refractivity contribution in [2.45, 2.75) is 13.1 Å². The van der Waals surface area contributed by atoms with E-state index in [-0.39, 0.29) is 0 Å². The Morgan fingerprint density at radius 1 is 1.25 bits per heavy atom. The van der Waals surface area contributed by atoms with Crippen molar-refractivity contribution in [3.05, 3.63) is 47.0 Å². The average Bonchev–Trinajstić information content (AvgIpc) is 2.68. The van der Waals surface area contributed by atoms with Crippen LogP contribution in [0.4, 0.5) is 0 Å². The standard InChI is InChI=1S/C11H13ClN4/c1-16-11(14-8-15-16)7-13-6-9-2-4-10(12)5-3-9/h2-5,8,13H,6-7H2,1H3. The lowest BCUT2D eigenvalue weighted by Gasteiger charge is -2.04. The van der Waals surface area contributed by atoms with Gasteiger partial charge >= 0.3 is 0 Å². The molecule has 1 N–H and O–H groups in total. The Kier molecular flexibility index (Phi) is 3.54. The Balaban J connectivity index is 1.84. The summed E-state index contributed by atoms with van der Waals surface area (Å²) in [6.07, 6.45) is 1.55. The van der Waals surface area contributed by atoms with Crippen molar-refractivity contribution in [3.63, 3.8) is 0 Å². The van der Waals surface area contributed by atoms with E-state index in [2.05, 4.69) is 15.4 Å². The summed E-state index contributed by atoms with van der Waals surface area (Å²) < 4.78 is 1.76. The molecule has 0 saturated carbocycles. The third-order valence-electron chi connectivity index (χ3n) is 2.33. The first-order valence-electron chi connectivity index (χ1n) is 5.04. The van der Waals surface area contributed by atoms with Crippen molar-refractivity contribution in [2.75, 3.05) is 0 Å². The van der Waals surface area contributed by atoms with Gasteiger partial charge < -0.3 is 5.32 Å². The summed E-state index contributed by atoms with van der Waals surface area (Å²) in [6.45, 7) is 1.50. The van der Waals surface area contributed by atoms with E-state index in [1.54, 1.807) is 11.0 Å². The zero-order chi connectivity index (χ0) is 11.4. The van der Waals surface area contributed by atoms with Crippen molar-refractivity contribution < 1.29 is 0 Å². The summed E-state index contributed by atoms with van der Waals surface area (Å²) in [5.74, 6) is 0.925. The lowest BCUT2D eigenvalue weighted by atomic mass is 10.2. The molecule has 0 atom stereocenters. The van der Waals surface area contributed by atoms with Gasteiger partial charge in [-0.15, -0.1) is 0 Å². The van der Waals surface area contributed by atoms with Crippen molar-refractivity contribution in [3.8, 4) is 0 Å². The zero-order valence-corrected chi connectivity index (χ0v) is 9.78. The Morgan fingerprint density at radius 2 is 2.00 bits per heavy atom.